The summed E-state index contributed by atoms with van der Waals surface area (Å²) >= 11 is 0. The van der Waals surface area contributed by atoms with Crippen molar-refractivity contribution in [3.05, 3.63) is 48.6 Å². The predicted octanol–water partition coefficient (Wildman–Crippen LogP) is 12.8. The molecule has 0 saturated heterocycles. The summed E-state index contributed by atoms with van der Waals surface area (Å²) in [6, 6.07) is 0. The number of allylic oxidation sites excluding steroid dienone is 8. The number of unbranched alkanes of at least 4 members (excludes halogenated alkanes) is 18. The van der Waals surface area contributed by atoms with Crippen LogP contribution in [0.4, 0.5) is 4.79 Å². The molecule has 0 saturated carbocycles. The maximum absolute atomic E-state index is 11.7. The smallest absolute Gasteiger partial charge is 0.434 e. The van der Waals surface area contributed by atoms with E-state index in [0.717, 1.165) is 44.9 Å². The molecule has 0 bridgehead atoms. The van der Waals surface area contributed by atoms with Gasteiger partial charge in [-0.15, -0.1) is 0 Å². The van der Waals surface area contributed by atoms with E-state index in [-0.39, 0.29) is 0 Å². The highest BCUT2D eigenvalue weighted by molar-refractivity contribution is 5.59. The molecule has 0 fully saturated rings. The molecular weight excluding hydrogens is 492 g/mol. The van der Waals surface area contributed by atoms with E-state index in [4.69, 9.17) is 9.47 Å². The minimum atomic E-state index is -0.494. The Bertz CT molecular complexity index is 617. The van der Waals surface area contributed by atoms with Crippen LogP contribution in [0.5, 0.6) is 0 Å². The first-order valence-corrected chi connectivity index (χ1v) is 17.2. The van der Waals surface area contributed by atoms with Gasteiger partial charge in [-0.3, -0.25) is 0 Å². The second-order valence-electron chi connectivity index (χ2n) is 11.1. The van der Waals surface area contributed by atoms with Crippen molar-refractivity contribution in [2.75, 3.05) is 13.2 Å². The zero-order valence-electron chi connectivity index (χ0n) is 26.7. The lowest BCUT2D eigenvalue weighted by atomic mass is 10.1. The van der Waals surface area contributed by atoms with E-state index in [9.17, 15) is 4.79 Å². The van der Waals surface area contributed by atoms with E-state index in [0.29, 0.717) is 13.2 Å². The number of carbonyl (C=O) groups is 1. The molecule has 0 aromatic heterocycles. The van der Waals surface area contributed by atoms with Gasteiger partial charge in [0.2, 0.25) is 0 Å². The van der Waals surface area contributed by atoms with Gasteiger partial charge in [0.15, 0.2) is 0 Å². The molecule has 0 heterocycles. The van der Waals surface area contributed by atoms with Gasteiger partial charge in [-0.1, -0.05) is 146 Å². The maximum atomic E-state index is 11.7. The van der Waals surface area contributed by atoms with Gasteiger partial charge in [0.05, 0.1) is 13.2 Å². The van der Waals surface area contributed by atoms with Crippen molar-refractivity contribution in [2.24, 2.45) is 0 Å². The first kappa shape index (κ1) is 38.2. The first-order valence-electron chi connectivity index (χ1n) is 17.2. The fourth-order valence-corrected chi connectivity index (χ4v) is 4.60. The standard InChI is InChI=1S/C37H66O3/c1-3-5-7-9-11-13-15-17-19-21-23-25-27-29-31-33-35-39-37(38)40-36-34-32-30-28-26-24-22-20-18-16-14-12-10-8-6-4-2/h5,7,11,13,17-20H,3-4,6,8-10,12,14-16,21-36H2,1-2H3/b7-5-,13-11-,19-17-,20-18-. The van der Waals surface area contributed by atoms with Gasteiger partial charge in [0, 0.05) is 0 Å². The lowest BCUT2D eigenvalue weighted by Crippen LogP contribution is -2.09. The maximum Gasteiger partial charge on any atom is 0.508 e. The van der Waals surface area contributed by atoms with Crippen molar-refractivity contribution in [2.45, 2.75) is 168 Å². The van der Waals surface area contributed by atoms with Crippen LogP contribution in [-0.4, -0.2) is 19.4 Å². The van der Waals surface area contributed by atoms with Crippen LogP contribution in [0.3, 0.4) is 0 Å². The van der Waals surface area contributed by atoms with Crippen LogP contribution < -0.4 is 0 Å². The summed E-state index contributed by atoms with van der Waals surface area (Å²) in [5.41, 5.74) is 0. The zero-order chi connectivity index (χ0) is 29.0. The van der Waals surface area contributed by atoms with Gasteiger partial charge in [0.25, 0.3) is 0 Å². The molecule has 0 aliphatic rings. The van der Waals surface area contributed by atoms with Crippen LogP contribution >= 0.6 is 0 Å². The third kappa shape index (κ3) is 34.3. The van der Waals surface area contributed by atoms with Crippen molar-refractivity contribution in [1.29, 1.82) is 0 Å². The van der Waals surface area contributed by atoms with Gasteiger partial charge < -0.3 is 9.47 Å². The Morgan fingerprint density at radius 1 is 0.425 bits per heavy atom. The van der Waals surface area contributed by atoms with Crippen molar-refractivity contribution < 1.29 is 14.3 Å². The van der Waals surface area contributed by atoms with Crippen molar-refractivity contribution >= 4 is 6.16 Å². The topological polar surface area (TPSA) is 35.5 Å². The van der Waals surface area contributed by atoms with Crippen molar-refractivity contribution in [3.8, 4) is 0 Å². The molecule has 3 heteroatoms. The van der Waals surface area contributed by atoms with Gasteiger partial charge in [-0.25, -0.2) is 4.79 Å². The number of rotatable bonds is 30. The summed E-state index contributed by atoms with van der Waals surface area (Å²) in [6.45, 7) is 5.41. The van der Waals surface area contributed by atoms with Crippen LogP contribution in [0.1, 0.15) is 168 Å². The highest BCUT2D eigenvalue weighted by Crippen LogP contribution is 2.11. The molecule has 40 heavy (non-hydrogen) atoms. The molecule has 0 radical (unpaired) electrons. The van der Waals surface area contributed by atoms with Gasteiger partial charge in [-0.2, -0.15) is 0 Å². The Morgan fingerprint density at radius 2 is 0.775 bits per heavy atom. The Hall–Kier alpha value is -1.77. The minimum Gasteiger partial charge on any atom is -0.434 e. The molecule has 0 spiro atoms. The third-order valence-electron chi connectivity index (χ3n) is 7.14. The van der Waals surface area contributed by atoms with Crippen LogP contribution in [-0.2, 0) is 9.47 Å². The Balaban J connectivity index is 3.26. The van der Waals surface area contributed by atoms with E-state index >= 15 is 0 Å². The van der Waals surface area contributed by atoms with E-state index in [1.807, 2.05) is 0 Å². The van der Waals surface area contributed by atoms with Crippen LogP contribution in [0, 0.1) is 0 Å². The van der Waals surface area contributed by atoms with Gasteiger partial charge >= 0.3 is 6.16 Å². The SMILES string of the molecule is CC/C=C\C/C=C\C/C=C\CCCCCCCCOC(=O)OCCCCCCCC/C=C\CCCCCCCC. The summed E-state index contributed by atoms with van der Waals surface area (Å²) < 4.78 is 10.4. The van der Waals surface area contributed by atoms with E-state index in [2.05, 4.69) is 62.5 Å². The lowest BCUT2D eigenvalue weighted by Gasteiger charge is -2.06. The Labute approximate surface area is 250 Å². The monoisotopic (exact) mass is 559 g/mol. The average Bonchev–Trinajstić information content (AvgIpc) is 2.96. The minimum absolute atomic E-state index is 0.483. The first-order chi connectivity index (χ1) is 19.8. The highest BCUT2D eigenvalue weighted by atomic mass is 16.7. The van der Waals surface area contributed by atoms with Crippen molar-refractivity contribution in [3.63, 3.8) is 0 Å². The molecule has 0 rings (SSSR count). The fourth-order valence-electron chi connectivity index (χ4n) is 4.60. The third-order valence-corrected chi connectivity index (χ3v) is 7.14. The molecule has 0 unspecified atom stereocenters. The molecule has 232 valence electrons. The van der Waals surface area contributed by atoms with Gasteiger partial charge in [0.1, 0.15) is 0 Å². The van der Waals surface area contributed by atoms with Crippen LogP contribution in [0.2, 0.25) is 0 Å². The Morgan fingerprint density at radius 3 is 1.23 bits per heavy atom. The highest BCUT2D eigenvalue weighted by Gasteiger charge is 2.03. The quantitative estimate of drug-likeness (QED) is 0.0499. The summed E-state index contributed by atoms with van der Waals surface area (Å²) in [6.07, 6.45) is 47.1. The zero-order valence-corrected chi connectivity index (χ0v) is 26.7. The van der Waals surface area contributed by atoms with Gasteiger partial charge in [-0.05, 0) is 70.6 Å². The van der Waals surface area contributed by atoms with E-state index < -0.39 is 6.16 Å². The molecule has 0 atom stereocenters. The predicted molar refractivity (Wildman–Crippen MR) is 176 cm³/mol. The van der Waals surface area contributed by atoms with E-state index in [1.165, 1.54) is 109 Å². The summed E-state index contributed by atoms with van der Waals surface area (Å²) in [7, 11) is 0. The molecule has 0 amide bonds. The van der Waals surface area contributed by atoms with E-state index in [1.54, 1.807) is 0 Å². The molecule has 0 aliphatic carbocycles. The van der Waals surface area contributed by atoms with Crippen molar-refractivity contribution in [1.82, 2.24) is 0 Å². The lowest BCUT2D eigenvalue weighted by molar-refractivity contribution is 0.0529. The molecule has 3 nitrogen and oxygen atoms in total. The fraction of sp³-hybridized carbons (Fsp3) is 0.757. The second kappa shape index (κ2) is 35.3. The second-order valence-corrected chi connectivity index (χ2v) is 11.1. The number of ether oxygens (including phenoxy) is 2. The van der Waals surface area contributed by atoms with Crippen LogP contribution in [0.25, 0.3) is 0 Å². The number of hydrogen-bond donors (Lipinski definition) is 0. The molecule has 0 aromatic rings. The molecular formula is C37H66O3. The molecule has 0 aromatic carbocycles. The molecule has 0 N–H and O–H groups in total. The van der Waals surface area contributed by atoms with Crippen LogP contribution in [0.15, 0.2) is 48.6 Å². The normalized spacial score (nSPS) is 12.1. The number of hydrogen-bond acceptors (Lipinski definition) is 3. The number of carbonyl (C=O) groups excluding carboxylic acids is 1. The largest absolute Gasteiger partial charge is 0.508 e. The summed E-state index contributed by atoms with van der Waals surface area (Å²) in [4.78, 5) is 11.7. The molecule has 0 aliphatic heterocycles. The average molecular weight is 559 g/mol. The Kier molecular flexibility index (Phi) is 33.7. The summed E-state index contributed by atoms with van der Waals surface area (Å²) in [5, 5.41) is 0. The summed E-state index contributed by atoms with van der Waals surface area (Å²) in [5.74, 6) is 0.